The number of para-hydroxylation sites is 3. The van der Waals surface area contributed by atoms with Crippen molar-refractivity contribution < 1.29 is 4.42 Å². The Morgan fingerprint density at radius 3 is 1.86 bits per heavy atom. The van der Waals surface area contributed by atoms with Crippen molar-refractivity contribution in [1.29, 1.82) is 0 Å². The van der Waals surface area contributed by atoms with Gasteiger partial charge in [0.05, 0.1) is 16.7 Å². The molecule has 3 heteroatoms. The summed E-state index contributed by atoms with van der Waals surface area (Å²) in [4.78, 5) is 0. The van der Waals surface area contributed by atoms with Gasteiger partial charge in [-0.2, -0.15) is 0 Å². The molecule has 1 N–H and O–H groups in total. The third-order valence-electron chi connectivity index (χ3n) is 8.56. The van der Waals surface area contributed by atoms with E-state index < -0.39 is 0 Å². The molecule has 0 saturated carbocycles. The molecule has 0 unspecified atom stereocenters. The monoisotopic (exact) mass is 550 g/mol. The lowest BCUT2D eigenvalue weighted by Crippen LogP contribution is -1.95. The molecule has 202 valence electrons. The van der Waals surface area contributed by atoms with Crippen LogP contribution in [-0.4, -0.2) is 4.57 Å². The number of hydrogen-bond acceptors (Lipinski definition) is 2. The fourth-order valence-corrected chi connectivity index (χ4v) is 6.63. The Labute approximate surface area is 248 Å². The smallest absolute Gasteiger partial charge is 0.158 e. The summed E-state index contributed by atoms with van der Waals surface area (Å²) >= 11 is 0. The minimum Gasteiger partial charge on any atom is -0.453 e. The number of aromatic nitrogens is 1. The van der Waals surface area contributed by atoms with E-state index >= 15 is 0 Å². The molecule has 2 aromatic heterocycles. The third-order valence-corrected chi connectivity index (χ3v) is 8.56. The van der Waals surface area contributed by atoms with Gasteiger partial charge in [0.2, 0.25) is 0 Å². The fraction of sp³-hybridized carbons (Fsp3) is 0. The van der Waals surface area contributed by atoms with E-state index in [1.165, 1.54) is 32.6 Å². The number of rotatable bonds is 4. The molecule has 0 bridgehead atoms. The van der Waals surface area contributed by atoms with Crippen LogP contribution in [0.15, 0.2) is 156 Å². The van der Waals surface area contributed by atoms with Gasteiger partial charge < -0.3 is 14.3 Å². The summed E-state index contributed by atoms with van der Waals surface area (Å²) in [5.74, 6) is 0. The Bertz CT molecular complexity index is 2410. The Balaban J connectivity index is 1.17. The number of benzene rings is 7. The van der Waals surface area contributed by atoms with Crippen LogP contribution in [-0.2, 0) is 0 Å². The van der Waals surface area contributed by atoms with E-state index in [0.717, 1.165) is 50.1 Å². The number of nitrogens with zero attached hydrogens (tertiary/aromatic N) is 1. The molecule has 7 aromatic carbocycles. The van der Waals surface area contributed by atoms with Crippen LogP contribution in [0.3, 0.4) is 0 Å². The van der Waals surface area contributed by atoms with Crippen LogP contribution in [0, 0.1) is 0 Å². The fourth-order valence-electron chi connectivity index (χ4n) is 6.63. The van der Waals surface area contributed by atoms with Crippen LogP contribution >= 0.6 is 0 Å². The van der Waals surface area contributed by atoms with Crippen molar-refractivity contribution in [2.45, 2.75) is 0 Å². The quantitative estimate of drug-likeness (QED) is 0.236. The molecule has 0 aliphatic carbocycles. The SMILES string of the molecule is c1ccc(-c2cc3ccccc3c3c2oc2c(Nc4ccc(-n5c6ccccc6c6ccccc65)cc4)cccc23)cc1. The second-order valence-electron chi connectivity index (χ2n) is 11.0. The predicted octanol–water partition coefficient (Wildman–Crippen LogP) is 11.2. The van der Waals surface area contributed by atoms with E-state index in [9.17, 15) is 0 Å². The molecule has 0 aliphatic rings. The summed E-state index contributed by atoms with van der Waals surface area (Å²) in [6.07, 6.45) is 0. The average molecular weight is 551 g/mol. The summed E-state index contributed by atoms with van der Waals surface area (Å²) in [6, 6.07) is 53.5. The molecule has 43 heavy (non-hydrogen) atoms. The highest BCUT2D eigenvalue weighted by molar-refractivity contribution is 6.24. The van der Waals surface area contributed by atoms with Crippen LogP contribution in [0.5, 0.6) is 0 Å². The number of fused-ring (bicyclic) bond motifs is 8. The first-order valence-corrected chi connectivity index (χ1v) is 14.6. The van der Waals surface area contributed by atoms with Crippen molar-refractivity contribution in [3.63, 3.8) is 0 Å². The number of nitrogens with one attached hydrogen (secondary N) is 1. The van der Waals surface area contributed by atoms with Crippen LogP contribution in [0.25, 0.3) is 71.3 Å². The first-order chi connectivity index (χ1) is 21.3. The van der Waals surface area contributed by atoms with Crippen molar-refractivity contribution in [1.82, 2.24) is 4.57 Å². The van der Waals surface area contributed by atoms with Gasteiger partial charge >= 0.3 is 0 Å². The molecule has 0 aliphatic heterocycles. The molecule has 0 saturated heterocycles. The number of anilines is 2. The van der Waals surface area contributed by atoms with E-state index in [4.69, 9.17) is 4.42 Å². The van der Waals surface area contributed by atoms with Crippen molar-refractivity contribution in [3.05, 3.63) is 152 Å². The Kier molecular flexibility index (Phi) is 5.20. The lowest BCUT2D eigenvalue weighted by molar-refractivity contribution is 0.671. The van der Waals surface area contributed by atoms with Gasteiger partial charge in [0.15, 0.2) is 5.58 Å². The Hall–Kier alpha value is -5.80. The van der Waals surface area contributed by atoms with Gasteiger partial charge in [-0.05, 0) is 64.9 Å². The standard InChI is InChI=1S/C40H26N2O/c1-2-11-26(12-3-1)34-25-27-13-4-5-14-30(27)38-33-17-10-18-35(39(33)43-40(34)38)41-28-21-23-29(24-22-28)42-36-19-8-6-15-31(36)32-16-7-9-20-37(32)42/h1-25,41H. The molecular weight excluding hydrogens is 524 g/mol. The van der Waals surface area contributed by atoms with Gasteiger partial charge in [-0.25, -0.2) is 0 Å². The minimum absolute atomic E-state index is 0.859. The highest BCUT2D eigenvalue weighted by Crippen LogP contribution is 2.43. The Morgan fingerprint density at radius 2 is 1.12 bits per heavy atom. The van der Waals surface area contributed by atoms with Crippen LogP contribution in [0.2, 0.25) is 0 Å². The van der Waals surface area contributed by atoms with Crippen molar-refractivity contribution in [3.8, 4) is 16.8 Å². The molecule has 0 spiro atoms. The Morgan fingerprint density at radius 1 is 0.488 bits per heavy atom. The van der Waals surface area contributed by atoms with Gasteiger partial charge in [-0.3, -0.25) is 0 Å². The molecule has 0 radical (unpaired) electrons. The highest BCUT2D eigenvalue weighted by atomic mass is 16.3. The summed E-state index contributed by atoms with van der Waals surface area (Å²) in [6.45, 7) is 0. The lowest BCUT2D eigenvalue weighted by atomic mass is 9.96. The van der Waals surface area contributed by atoms with Crippen molar-refractivity contribution >= 4 is 65.9 Å². The molecule has 2 heterocycles. The lowest BCUT2D eigenvalue weighted by Gasteiger charge is -2.11. The summed E-state index contributed by atoms with van der Waals surface area (Å²) < 4.78 is 9.10. The van der Waals surface area contributed by atoms with Gasteiger partial charge in [-0.1, -0.05) is 103 Å². The minimum atomic E-state index is 0.859. The van der Waals surface area contributed by atoms with E-state index in [1.807, 2.05) is 0 Å². The van der Waals surface area contributed by atoms with Gasteiger partial charge in [0, 0.05) is 38.5 Å². The molecule has 0 atom stereocenters. The molecular formula is C40H26N2O. The summed E-state index contributed by atoms with van der Waals surface area (Å²) in [7, 11) is 0. The predicted molar refractivity (Wildman–Crippen MR) is 181 cm³/mol. The maximum absolute atomic E-state index is 6.76. The highest BCUT2D eigenvalue weighted by Gasteiger charge is 2.18. The zero-order valence-corrected chi connectivity index (χ0v) is 23.3. The van der Waals surface area contributed by atoms with E-state index in [2.05, 4.69) is 162 Å². The zero-order valence-electron chi connectivity index (χ0n) is 23.3. The first-order valence-electron chi connectivity index (χ1n) is 14.6. The van der Waals surface area contributed by atoms with Gasteiger partial charge in [0.1, 0.15) is 5.58 Å². The third kappa shape index (κ3) is 3.68. The van der Waals surface area contributed by atoms with Crippen molar-refractivity contribution in [2.75, 3.05) is 5.32 Å². The summed E-state index contributed by atoms with van der Waals surface area (Å²) in [5.41, 5.74) is 9.51. The van der Waals surface area contributed by atoms with Gasteiger partial charge in [0.25, 0.3) is 0 Å². The average Bonchev–Trinajstić information content (AvgIpc) is 3.63. The zero-order chi connectivity index (χ0) is 28.3. The molecule has 9 aromatic rings. The second-order valence-corrected chi connectivity index (χ2v) is 11.0. The van der Waals surface area contributed by atoms with Crippen LogP contribution in [0.4, 0.5) is 11.4 Å². The largest absolute Gasteiger partial charge is 0.453 e. The van der Waals surface area contributed by atoms with Gasteiger partial charge in [-0.15, -0.1) is 0 Å². The molecule has 3 nitrogen and oxygen atoms in total. The summed E-state index contributed by atoms with van der Waals surface area (Å²) in [5, 5.41) is 10.8. The normalized spacial score (nSPS) is 11.7. The van der Waals surface area contributed by atoms with Crippen LogP contribution < -0.4 is 5.32 Å². The number of furan rings is 1. The number of hydrogen-bond donors (Lipinski definition) is 1. The van der Waals surface area contributed by atoms with Crippen LogP contribution in [0.1, 0.15) is 0 Å². The topological polar surface area (TPSA) is 30.1 Å². The molecule has 0 amide bonds. The van der Waals surface area contributed by atoms with E-state index in [0.29, 0.717) is 0 Å². The van der Waals surface area contributed by atoms with E-state index in [-0.39, 0.29) is 0 Å². The maximum atomic E-state index is 6.76. The van der Waals surface area contributed by atoms with E-state index in [1.54, 1.807) is 0 Å². The second kappa shape index (κ2) is 9.37. The van der Waals surface area contributed by atoms with Crippen molar-refractivity contribution in [2.24, 2.45) is 0 Å². The first kappa shape index (κ1) is 23.9. The molecule has 9 rings (SSSR count). The molecule has 0 fully saturated rings. The maximum Gasteiger partial charge on any atom is 0.158 e.